The largest absolute Gasteiger partial charge is 0.458 e. The van der Waals surface area contributed by atoms with Crippen LogP contribution in [0.2, 0.25) is 0 Å². The summed E-state index contributed by atoms with van der Waals surface area (Å²) in [6.07, 6.45) is 1.33. The molecule has 1 radical (unpaired) electrons. The Labute approximate surface area is 55.6 Å². The second-order valence-electron chi connectivity index (χ2n) is 1.21. The number of hydrogen-bond acceptors (Lipinski definition) is 5. The summed E-state index contributed by atoms with van der Waals surface area (Å²) < 4.78 is 7.59. The third-order valence-electron chi connectivity index (χ3n) is 0.694. The summed E-state index contributed by atoms with van der Waals surface area (Å²) in [6, 6.07) is 0. The number of rotatable bonds is 1. The average Bonchev–Trinajstić information content (AvgIpc) is 2.37. The van der Waals surface area contributed by atoms with E-state index in [1.54, 1.807) is 0 Å². The summed E-state index contributed by atoms with van der Waals surface area (Å²) in [7, 11) is 2.94. The summed E-state index contributed by atoms with van der Waals surface area (Å²) in [4.78, 5) is 10.9. The predicted octanol–water partition coefficient (Wildman–Crippen LogP) is 0.486. The van der Waals surface area contributed by atoms with Crippen LogP contribution in [0.15, 0.2) is 6.20 Å². The Kier molecular flexibility index (Phi) is 1.74. The molecular formula is C4H3N2O2S. The van der Waals surface area contributed by atoms with Crippen molar-refractivity contribution in [2.24, 2.45) is 0 Å². The standard InChI is InChI=1S/C4H3N2O2S/c1-8-4(7)3-2-5-6-9-3/h2H,1H2. The minimum absolute atomic E-state index is 0.366. The van der Waals surface area contributed by atoms with E-state index >= 15 is 0 Å². The van der Waals surface area contributed by atoms with Crippen molar-refractivity contribution in [3.63, 3.8) is 0 Å². The van der Waals surface area contributed by atoms with Crippen molar-refractivity contribution in [2.75, 3.05) is 0 Å². The summed E-state index contributed by atoms with van der Waals surface area (Å²) in [5.41, 5.74) is 0. The maximum atomic E-state index is 10.5. The van der Waals surface area contributed by atoms with Crippen LogP contribution in [0.5, 0.6) is 0 Å². The molecule has 1 heterocycles. The minimum Gasteiger partial charge on any atom is -0.458 e. The highest BCUT2D eigenvalue weighted by atomic mass is 32.1. The summed E-state index contributed by atoms with van der Waals surface area (Å²) in [6.45, 7) is 0. The lowest BCUT2D eigenvalue weighted by Gasteiger charge is -1.87. The molecule has 1 aromatic rings. The zero-order valence-corrected chi connectivity index (χ0v) is 5.22. The van der Waals surface area contributed by atoms with Crippen LogP contribution >= 0.6 is 11.5 Å². The van der Waals surface area contributed by atoms with Gasteiger partial charge in [-0.3, -0.25) is 0 Å². The molecule has 0 aliphatic heterocycles. The maximum Gasteiger partial charge on any atom is 0.351 e. The molecule has 1 rings (SSSR count). The highest BCUT2D eigenvalue weighted by molar-refractivity contribution is 7.07. The molecule has 9 heavy (non-hydrogen) atoms. The van der Waals surface area contributed by atoms with Gasteiger partial charge in [-0.15, -0.1) is 5.10 Å². The first-order valence-electron chi connectivity index (χ1n) is 2.08. The molecule has 0 spiro atoms. The smallest absolute Gasteiger partial charge is 0.351 e. The Morgan fingerprint density at radius 1 is 1.89 bits per heavy atom. The van der Waals surface area contributed by atoms with Gasteiger partial charge >= 0.3 is 5.97 Å². The van der Waals surface area contributed by atoms with Gasteiger partial charge in [-0.25, -0.2) is 4.79 Å². The number of hydrogen-bond donors (Lipinski definition) is 0. The molecule has 0 amide bonds. The van der Waals surface area contributed by atoms with Gasteiger partial charge in [0.1, 0.15) is 7.11 Å². The van der Waals surface area contributed by atoms with Gasteiger partial charge in [-0.05, 0) is 11.5 Å². The van der Waals surface area contributed by atoms with Gasteiger partial charge in [0.15, 0.2) is 4.88 Å². The molecule has 0 aliphatic rings. The first kappa shape index (κ1) is 6.15. The molecular weight excluding hydrogens is 140 g/mol. The number of esters is 1. The molecule has 47 valence electrons. The topological polar surface area (TPSA) is 52.1 Å². The summed E-state index contributed by atoms with van der Waals surface area (Å²) in [5, 5.41) is 3.43. The lowest BCUT2D eigenvalue weighted by molar-refractivity contribution is 0.0659. The summed E-state index contributed by atoms with van der Waals surface area (Å²) >= 11 is 0.980. The molecule has 5 heteroatoms. The van der Waals surface area contributed by atoms with Crippen molar-refractivity contribution in [3.05, 3.63) is 18.2 Å². The average molecular weight is 143 g/mol. The molecule has 0 N–H and O–H groups in total. The van der Waals surface area contributed by atoms with Crippen molar-refractivity contribution in [3.8, 4) is 0 Å². The van der Waals surface area contributed by atoms with E-state index in [1.165, 1.54) is 6.20 Å². The van der Waals surface area contributed by atoms with Crippen LogP contribution in [0.3, 0.4) is 0 Å². The second kappa shape index (κ2) is 2.54. The van der Waals surface area contributed by atoms with E-state index in [0.29, 0.717) is 4.88 Å². The van der Waals surface area contributed by atoms with Crippen LogP contribution < -0.4 is 0 Å². The van der Waals surface area contributed by atoms with Crippen LogP contribution in [0, 0.1) is 7.11 Å². The van der Waals surface area contributed by atoms with Crippen LogP contribution in [-0.4, -0.2) is 15.6 Å². The molecule has 0 fully saturated rings. The lowest BCUT2D eigenvalue weighted by atomic mass is 10.6. The molecule has 0 aromatic carbocycles. The summed E-state index contributed by atoms with van der Waals surface area (Å²) in [5.74, 6) is -0.495. The lowest BCUT2D eigenvalue weighted by Crippen LogP contribution is -1.94. The Hall–Kier alpha value is -0.970. The van der Waals surface area contributed by atoms with E-state index in [2.05, 4.69) is 21.4 Å². The third kappa shape index (κ3) is 1.23. The predicted molar refractivity (Wildman–Crippen MR) is 30.7 cm³/mol. The number of carbonyl (C=O) groups excluding carboxylic acids is 1. The fourth-order valence-corrected chi connectivity index (χ4v) is 0.738. The molecule has 0 saturated carbocycles. The second-order valence-corrected chi connectivity index (χ2v) is 2.00. The van der Waals surface area contributed by atoms with Gasteiger partial charge in [-0.2, -0.15) is 0 Å². The number of nitrogens with zero attached hydrogens (tertiary/aromatic N) is 2. The number of aromatic nitrogens is 2. The Balaban J connectivity index is 2.77. The zero-order valence-electron chi connectivity index (χ0n) is 4.40. The van der Waals surface area contributed by atoms with Crippen LogP contribution in [0.1, 0.15) is 9.67 Å². The Morgan fingerprint density at radius 2 is 2.67 bits per heavy atom. The molecule has 0 atom stereocenters. The monoisotopic (exact) mass is 143 g/mol. The van der Waals surface area contributed by atoms with E-state index in [4.69, 9.17) is 0 Å². The minimum atomic E-state index is -0.495. The number of ether oxygens (including phenoxy) is 1. The highest BCUT2D eigenvalue weighted by Gasteiger charge is 2.05. The van der Waals surface area contributed by atoms with Crippen molar-refractivity contribution >= 4 is 17.5 Å². The van der Waals surface area contributed by atoms with E-state index in [9.17, 15) is 4.79 Å². The van der Waals surface area contributed by atoms with Crippen molar-refractivity contribution < 1.29 is 9.53 Å². The maximum absolute atomic E-state index is 10.5. The Morgan fingerprint density at radius 3 is 3.11 bits per heavy atom. The Bertz CT molecular complexity index is 196. The van der Waals surface area contributed by atoms with Crippen LogP contribution in [0.25, 0.3) is 0 Å². The van der Waals surface area contributed by atoms with Gasteiger partial charge in [0, 0.05) is 0 Å². The van der Waals surface area contributed by atoms with E-state index < -0.39 is 5.97 Å². The highest BCUT2D eigenvalue weighted by Crippen LogP contribution is 2.02. The van der Waals surface area contributed by atoms with Gasteiger partial charge in [-0.1, -0.05) is 4.49 Å². The van der Waals surface area contributed by atoms with Crippen molar-refractivity contribution in [1.82, 2.24) is 9.59 Å². The van der Waals surface area contributed by atoms with Crippen molar-refractivity contribution in [1.29, 1.82) is 0 Å². The molecule has 1 aromatic heterocycles. The SMILES string of the molecule is [CH2]OC(=O)c1cnns1. The molecule has 0 aliphatic carbocycles. The fraction of sp³-hybridized carbons (Fsp3) is 0. The zero-order chi connectivity index (χ0) is 6.69. The first-order valence-corrected chi connectivity index (χ1v) is 2.85. The van der Waals surface area contributed by atoms with Gasteiger partial charge < -0.3 is 4.74 Å². The van der Waals surface area contributed by atoms with Gasteiger partial charge in [0.25, 0.3) is 0 Å². The van der Waals surface area contributed by atoms with Gasteiger partial charge in [0.2, 0.25) is 0 Å². The molecule has 0 bridgehead atoms. The number of carbonyl (C=O) groups is 1. The molecule has 0 unspecified atom stereocenters. The molecule has 4 nitrogen and oxygen atoms in total. The normalized spacial score (nSPS) is 9.00. The quantitative estimate of drug-likeness (QED) is 0.537. The van der Waals surface area contributed by atoms with E-state index in [-0.39, 0.29) is 0 Å². The fourth-order valence-electron chi connectivity index (χ4n) is 0.328. The van der Waals surface area contributed by atoms with E-state index in [0.717, 1.165) is 11.5 Å². The van der Waals surface area contributed by atoms with Crippen LogP contribution in [-0.2, 0) is 4.74 Å². The van der Waals surface area contributed by atoms with Gasteiger partial charge in [0.05, 0.1) is 6.20 Å². The first-order chi connectivity index (χ1) is 4.34. The third-order valence-corrected chi connectivity index (χ3v) is 1.34. The van der Waals surface area contributed by atoms with E-state index in [1.807, 2.05) is 0 Å². The van der Waals surface area contributed by atoms with Crippen LogP contribution in [0.4, 0.5) is 0 Å². The van der Waals surface area contributed by atoms with Crippen molar-refractivity contribution in [2.45, 2.75) is 0 Å². The molecule has 0 saturated heterocycles.